The summed E-state index contributed by atoms with van der Waals surface area (Å²) in [6, 6.07) is 24.1. The number of unbranched alkanes of at least 4 members (excludes halogenated alkanes) is 2. The summed E-state index contributed by atoms with van der Waals surface area (Å²) < 4.78 is 14.0. The summed E-state index contributed by atoms with van der Waals surface area (Å²) in [4.78, 5) is 23.0. The lowest BCUT2D eigenvalue weighted by Crippen LogP contribution is -2.31. The van der Waals surface area contributed by atoms with E-state index >= 15 is 0 Å². The highest BCUT2D eigenvalue weighted by atomic mass is 32.2. The number of rotatable bonds is 15. The molecule has 0 saturated carbocycles. The SMILES string of the molecule is Cc1nnc(SC[C@H]2C[C@@H](c3ccc(CO)cc3)O[C@@H](c3cccc(-c4cccc(CNC(=O)CCCCCC(=O)O)c4)c3)O2)s1. The molecule has 0 radical (unpaired) electrons. The largest absolute Gasteiger partial charge is 0.481 e. The van der Waals surface area contributed by atoms with Crippen LogP contribution in [0.15, 0.2) is 77.1 Å². The van der Waals surface area contributed by atoms with Crippen LogP contribution in [0, 0.1) is 6.92 Å². The summed E-state index contributed by atoms with van der Waals surface area (Å²) in [5, 5.41) is 30.6. The van der Waals surface area contributed by atoms with Gasteiger partial charge in [0, 0.05) is 37.1 Å². The van der Waals surface area contributed by atoms with Gasteiger partial charge in [0.2, 0.25) is 5.91 Å². The van der Waals surface area contributed by atoms with Crippen LogP contribution in [0.5, 0.6) is 0 Å². The standard InChI is InChI=1S/C35H39N3O6S2/c1-23-37-38-35(46-23)45-22-30-19-31(26-15-13-24(21-39)14-16-26)44-34(43-30)29-10-6-9-28(18-29)27-8-5-7-25(17-27)20-36-32(40)11-3-2-4-12-33(41)42/h5-10,13-18,30-31,34,39H,2-4,11-12,19-22H2,1H3,(H,36,40)(H,41,42)/t30-,31+,34+/m1/s1. The molecule has 0 spiro atoms. The van der Waals surface area contributed by atoms with E-state index in [4.69, 9.17) is 14.6 Å². The van der Waals surface area contributed by atoms with Crippen molar-refractivity contribution in [3.05, 3.63) is 100 Å². The van der Waals surface area contributed by atoms with Crippen LogP contribution in [0.2, 0.25) is 0 Å². The van der Waals surface area contributed by atoms with Crippen molar-refractivity contribution >= 4 is 35.0 Å². The quantitative estimate of drug-likeness (QED) is 0.0911. The average molecular weight is 662 g/mol. The minimum atomic E-state index is -0.804. The summed E-state index contributed by atoms with van der Waals surface area (Å²) in [5.74, 6) is -0.124. The third-order valence-corrected chi connectivity index (χ3v) is 9.82. The van der Waals surface area contributed by atoms with Crippen LogP contribution < -0.4 is 5.32 Å². The Bertz CT molecular complexity index is 1600. The maximum absolute atomic E-state index is 12.3. The van der Waals surface area contributed by atoms with Crippen molar-refractivity contribution in [3.8, 4) is 11.1 Å². The molecule has 0 bridgehead atoms. The minimum absolute atomic E-state index is 0.00534. The summed E-state index contributed by atoms with van der Waals surface area (Å²) in [5.41, 5.74) is 5.83. The Hall–Kier alpha value is -3.61. The van der Waals surface area contributed by atoms with E-state index in [9.17, 15) is 14.7 Å². The zero-order valence-electron chi connectivity index (χ0n) is 25.8. The normalized spacial score (nSPS) is 17.9. The molecular formula is C35H39N3O6S2. The second-order valence-electron chi connectivity index (χ2n) is 11.3. The molecule has 0 unspecified atom stereocenters. The van der Waals surface area contributed by atoms with E-state index in [1.807, 2.05) is 61.5 Å². The zero-order chi connectivity index (χ0) is 32.3. The zero-order valence-corrected chi connectivity index (χ0v) is 27.4. The molecule has 46 heavy (non-hydrogen) atoms. The average Bonchev–Trinajstić information content (AvgIpc) is 3.51. The Kier molecular flexibility index (Phi) is 12.3. The number of ether oxygens (including phenoxy) is 2. The number of hydrogen-bond acceptors (Lipinski definition) is 9. The molecule has 3 N–H and O–H groups in total. The van der Waals surface area contributed by atoms with Gasteiger partial charge < -0.3 is 25.0 Å². The number of benzene rings is 3. The Morgan fingerprint density at radius 3 is 2.41 bits per heavy atom. The van der Waals surface area contributed by atoms with Gasteiger partial charge in [-0.05, 0) is 59.7 Å². The Morgan fingerprint density at radius 2 is 1.67 bits per heavy atom. The molecule has 1 aliphatic rings. The molecule has 0 aliphatic carbocycles. The number of amides is 1. The smallest absolute Gasteiger partial charge is 0.303 e. The number of carboxylic acid groups (broad SMARTS) is 1. The van der Waals surface area contributed by atoms with E-state index in [0.29, 0.717) is 32.2 Å². The van der Waals surface area contributed by atoms with Crippen molar-refractivity contribution < 1.29 is 29.3 Å². The predicted octanol–water partition coefficient (Wildman–Crippen LogP) is 6.99. The molecule has 242 valence electrons. The molecule has 1 aromatic heterocycles. The van der Waals surface area contributed by atoms with Gasteiger partial charge in [0.05, 0.1) is 18.8 Å². The molecule has 4 aromatic rings. The summed E-state index contributed by atoms with van der Waals surface area (Å²) >= 11 is 3.22. The number of nitrogens with one attached hydrogen (secondary N) is 1. The number of aromatic nitrogens is 2. The van der Waals surface area contributed by atoms with Gasteiger partial charge in [0.15, 0.2) is 10.6 Å². The van der Waals surface area contributed by atoms with Gasteiger partial charge in [0.1, 0.15) is 5.01 Å². The Balaban J connectivity index is 1.26. The van der Waals surface area contributed by atoms with Crippen LogP contribution in [0.4, 0.5) is 0 Å². The number of aryl methyl sites for hydroxylation is 1. The molecule has 3 aromatic carbocycles. The van der Waals surface area contributed by atoms with Crippen molar-refractivity contribution in [2.24, 2.45) is 0 Å². The van der Waals surface area contributed by atoms with Gasteiger partial charge in [-0.1, -0.05) is 90.2 Å². The first kappa shape index (κ1) is 33.7. The molecule has 1 fully saturated rings. The highest BCUT2D eigenvalue weighted by Crippen LogP contribution is 2.40. The number of aliphatic hydroxyl groups is 1. The lowest BCUT2D eigenvalue weighted by atomic mass is 9.99. The molecular weight excluding hydrogens is 623 g/mol. The number of carbonyl (C=O) groups excluding carboxylic acids is 1. The fourth-order valence-corrected chi connectivity index (χ4v) is 7.14. The number of carbonyl (C=O) groups is 2. The predicted molar refractivity (Wildman–Crippen MR) is 178 cm³/mol. The Labute approximate surface area is 277 Å². The van der Waals surface area contributed by atoms with E-state index in [1.54, 1.807) is 23.1 Å². The first-order valence-corrected chi connectivity index (χ1v) is 17.3. The third-order valence-electron chi connectivity index (χ3n) is 7.72. The number of aliphatic carboxylic acids is 1. The van der Waals surface area contributed by atoms with E-state index in [0.717, 1.165) is 54.9 Å². The van der Waals surface area contributed by atoms with Crippen LogP contribution >= 0.6 is 23.1 Å². The van der Waals surface area contributed by atoms with Gasteiger partial charge in [-0.25, -0.2) is 0 Å². The van der Waals surface area contributed by atoms with Crippen molar-refractivity contribution in [3.63, 3.8) is 0 Å². The first-order valence-electron chi connectivity index (χ1n) is 15.5. The molecule has 1 saturated heterocycles. The van der Waals surface area contributed by atoms with E-state index in [1.165, 1.54) is 0 Å². The van der Waals surface area contributed by atoms with Crippen molar-refractivity contribution in [2.45, 2.75) is 81.4 Å². The van der Waals surface area contributed by atoms with Crippen LogP contribution in [0.3, 0.4) is 0 Å². The maximum Gasteiger partial charge on any atom is 0.303 e. The maximum atomic E-state index is 12.3. The molecule has 2 heterocycles. The molecule has 3 atom stereocenters. The molecule has 1 amide bonds. The third kappa shape index (κ3) is 9.94. The number of hydrogen-bond donors (Lipinski definition) is 3. The summed E-state index contributed by atoms with van der Waals surface area (Å²) in [6.07, 6.45) is 2.36. The monoisotopic (exact) mass is 661 g/mol. The highest BCUT2D eigenvalue weighted by molar-refractivity contribution is 8.01. The fourth-order valence-electron chi connectivity index (χ4n) is 5.28. The van der Waals surface area contributed by atoms with Crippen molar-refractivity contribution in [1.29, 1.82) is 0 Å². The molecule has 5 rings (SSSR count). The summed E-state index contributed by atoms with van der Waals surface area (Å²) in [7, 11) is 0. The van der Waals surface area contributed by atoms with Gasteiger partial charge in [-0.2, -0.15) is 0 Å². The lowest BCUT2D eigenvalue weighted by molar-refractivity contribution is -0.245. The number of thioether (sulfide) groups is 1. The van der Waals surface area contributed by atoms with Crippen LogP contribution in [0.25, 0.3) is 11.1 Å². The van der Waals surface area contributed by atoms with Crippen LogP contribution in [-0.4, -0.2) is 44.1 Å². The second-order valence-corrected chi connectivity index (χ2v) is 13.8. The minimum Gasteiger partial charge on any atom is -0.481 e. The van der Waals surface area contributed by atoms with E-state index in [2.05, 4.69) is 33.7 Å². The van der Waals surface area contributed by atoms with Crippen LogP contribution in [0.1, 0.15) is 78.2 Å². The number of nitrogens with zero attached hydrogens (tertiary/aromatic N) is 2. The van der Waals surface area contributed by atoms with Gasteiger partial charge >= 0.3 is 5.97 Å². The lowest BCUT2D eigenvalue weighted by Gasteiger charge is -2.36. The molecule has 1 aliphatic heterocycles. The van der Waals surface area contributed by atoms with Gasteiger partial charge in [-0.3, -0.25) is 9.59 Å². The fraction of sp³-hybridized carbons (Fsp3) is 0.371. The number of carboxylic acids is 1. The highest BCUT2D eigenvalue weighted by Gasteiger charge is 2.32. The van der Waals surface area contributed by atoms with E-state index < -0.39 is 12.3 Å². The van der Waals surface area contributed by atoms with E-state index in [-0.39, 0.29) is 31.1 Å². The topological polar surface area (TPSA) is 131 Å². The second kappa shape index (κ2) is 16.8. The first-order chi connectivity index (χ1) is 22.4. The van der Waals surface area contributed by atoms with Gasteiger partial charge in [0.25, 0.3) is 0 Å². The van der Waals surface area contributed by atoms with Crippen LogP contribution in [-0.2, 0) is 32.2 Å². The van der Waals surface area contributed by atoms with Crippen molar-refractivity contribution in [1.82, 2.24) is 15.5 Å². The molecule has 9 nitrogen and oxygen atoms in total. The number of aliphatic hydroxyl groups excluding tert-OH is 1. The Morgan fingerprint density at radius 1 is 0.913 bits per heavy atom. The summed E-state index contributed by atoms with van der Waals surface area (Å²) in [6.45, 7) is 2.36. The van der Waals surface area contributed by atoms with Gasteiger partial charge in [-0.15, -0.1) is 10.2 Å². The molecule has 11 heteroatoms. The van der Waals surface area contributed by atoms with Crippen molar-refractivity contribution in [2.75, 3.05) is 5.75 Å².